The largest absolute Gasteiger partial charge is 0.481 e. The van der Waals surface area contributed by atoms with Gasteiger partial charge in [-0.05, 0) is 24.8 Å². The number of benzene rings is 1. The van der Waals surface area contributed by atoms with Crippen LogP contribution in [0.25, 0.3) is 11.3 Å². The highest BCUT2D eigenvalue weighted by molar-refractivity contribution is 5.72. The Bertz CT molecular complexity index is 795. The molecule has 5 heteroatoms. The third kappa shape index (κ3) is 2.45. The fraction of sp³-hybridized carbons (Fsp3) is 0.368. The van der Waals surface area contributed by atoms with Crippen LogP contribution in [-0.4, -0.2) is 31.8 Å². The maximum atomic E-state index is 11.0. The number of aliphatic hydroxyl groups is 1. The molecule has 24 heavy (non-hydrogen) atoms. The molecule has 2 unspecified atom stereocenters. The standard InChI is InChI=1S/C19H20N2O3/c22-18(12-5-7-13(8-6-12)19(23)24)9-16-14-3-1-2-4-15(14)17-10-20-11-21(16)17/h1-5,7,10-13,16,18,22H,6,8-9H2,(H,23,24)/t12-,13-,16?,18?/m0/s1. The molecule has 1 aromatic heterocycles. The second kappa shape index (κ2) is 5.91. The summed E-state index contributed by atoms with van der Waals surface area (Å²) in [7, 11) is 0. The summed E-state index contributed by atoms with van der Waals surface area (Å²) in [6.07, 6.45) is 8.70. The summed E-state index contributed by atoms with van der Waals surface area (Å²) in [5.74, 6) is -1.19. The fourth-order valence-electron chi connectivity index (χ4n) is 3.94. The first kappa shape index (κ1) is 15.1. The topological polar surface area (TPSA) is 75.3 Å². The molecule has 0 saturated heterocycles. The molecule has 4 atom stereocenters. The number of fused-ring (bicyclic) bond motifs is 3. The predicted octanol–water partition coefficient (Wildman–Crippen LogP) is 2.87. The summed E-state index contributed by atoms with van der Waals surface area (Å²) >= 11 is 0. The molecule has 1 aromatic carbocycles. The van der Waals surface area contributed by atoms with Crippen LogP contribution < -0.4 is 0 Å². The van der Waals surface area contributed by atoms with E-state index in [1.54, 1.807) is 6.08 Å². The van der Waals surface area contributed by atoms with E-state index in [1.807, 2.05) is 30.7 Å². The molecular formula is C19H20N2O3. The lowest BCUT2D eigenvalue weighted by Crippen LogP contribution is -2.27. The van der Waals surface area contributed by atoms with E-state index in [1.165, 1.54) is 11.1 Å². The van der Waals surface area contributed by atoms with Crippen LogP contribution in [0.3, 0.4) is 0 Å². The molecule has 4 rings (SSSR count). The summed E-state index contributed by atoms with van der Waals surface area (Å²) in [6.45, 7) is 0. The van der Waals surface area contributed by atoms with Crippen molar-refractivity contribution in [1.29, 1.82) is 0 Å². The van der Waals surface area contributed by atoms with Crippen LogP contribution >= 0.6 is 0 Å². The lowest BCUT2D eigenvalue weighted by molar-refractivity contribution is -0.140. The zero-order chi connectivity index (χ0) is 16.7. The Balaban J connectivity index is 1.54. The normalized spacial score (nSPS) is 26.0. The van der Waals surface area contributed by atoms with Crippen LogP contribution in [0.1, 0.15) is 30.9 Å². The van der Waals surface area contributed by atoms with E-state index in [4.69, 9.17) is 5.11 Å². The van der Waals surface area contributed by atoms with Crippen molar-refractivity contribution < 1.29 is 15.0 Å². The number of imidazole rings is 1. The first-order chi connectivity index (χ1) is 11.6. The Labute approximate surface area is 140 Å². The van der Waals surface area contributed by atoms with Gasteiger partial charge in [-0.25, -0.2) is 4.98 Å². The summed E-state index contributed by atoms with van der Waals surface area (Å²) in [6, 6.07) is 8.32. The van der Waals surface area contributed by atoms with Crippen molar-refractivity contribution in [1.82, 2.24) is 9.55 Å². The SMILES string of the molecule is O=C(O)[C@H]1C=C[C@H](C(O)CC2c3ccccc3-c3cncn32)CC1. The summed E-state index contributed by atoms with van der Waals surface area (Å²) in [4.78, 5) is 15.3. The highest BCUT2D eigenvalue weighted by Crippen LogP contribution is 2.42. The van der Waals surface area contributed by atoms with E-state index in [2.05, 4.69) is 21.7 Å². The van der Waals surface area contributed by atoms with Crippen molar-refractivity contribution in [2.45, 2.75) is 31.4 Å². The van der Waals surface area contributed by atoms with E-state index in [-0.39, 0.29) is 12.0 Å². The number of carboxylic acids is 1. The van der Waals surface area contributed by atoms with Gasteiger partial charge in [-0.3, -0.25) is 4.79 Å². The molecule has 0 fully saturated rings. The lowest BCUT2D eigenvalue weighted by atomic mass is 9.83. The maximum absolute atomic E-state index is 11.0. The molecular weight excluding hydrogens is 304 g/mol. The molecule has 1 aliphatic carbocycles. The number of carbonyl (C=O) groups is 1. The van der Waals surface area contributed by atoms with Crippen molar-refractivity contribution in [3.63, 3.8) is 0 Å². The van der Waals surface area contributed by atoms with Gasteiger partial charge < -0.3 is 14.8 Å². The number of carboxylic acid groups (broad SMARTS) is 1. The van der Waals surface area contributed by atoms with Gasteiger partial charge in [0.15, 0.2) is 0 Å². The number of aromatic nitrogens is 2. The third-order valence-electron chi connectivity index (χ3n) is 5.28. The molecule has 2 aliphatic rings. The number of aliphatic hydroxyl groups excluding tert-OH is 1. The Morgan fingerprint density at radius 2 is 2.12 bits per heavy atom. The number of aliphatic carboxylic acids is 1. The van der Waals surface area contributed by atoms with Crippen LogP contribution in [0, 0.1) is 11.8 Å². The van der Waals surface area contributed by atoms with E-state index < -0.39 is 18.0 Å². The third-order valence-corrected chi connectivity index (χ3v) is 5.28. The van der Waals surface area contributed by atoms with Crippen molar-refractivity contribution >= 4 is 5.97 Å². The zero-order valence-corrected chi connectivity index (χ0v) is 13.2. The van der Waals surface area contributed by atoms with Crippen LogP contribution in [0.2, 0.25) is 0 Å². The first-order valence-electron chi connectivity index (χ1n) is 8.35. The van der Waals surface area contributed by atoms with Crippen molar-refractivity contribution in [3.05, 3.63) is 54.5 Å². The van der Waals surface area contributed by atoms with Crippen LogP contribution in [0.5, 0.6) is 0 Å². The van der Waals surface area contributed by atoms with Crippen LogP contribution in [0.4, 0.5) is 0 Å². The van der Waals surface area contributed by atoms with Crippen molar-refractivity contribution in [2.75, 3.05) is 0 Å². The monoisotopic (exact) mass is 324 g/mol. The second-order valence-electron chi connectivity index (χ2n) is 6.66. The smallest absolute Gasteiger partial charge is 0.310 e. The van der Waals surface area contributed by atoms with Gasteiger partial charge in [0.1, 0.15) is 0 Å². The zero-order valence-electron chi connectivity index (χ0n) is 13.2. The predicted molar refractivity (Wildman–Crippen MR) is 89.4 cm³/mol. The minimum atomic E-state index is -0.785. The molecule has 0 bridgehead atoms. The molecule has 2 heterocycles. The van der Waals surface area contributed by atoms with E-state index >= 15 is 0 Å². The Morgan fingerprint density at radius 1 is 1.29 bits per heavy atom. The van der Waals surface area contributed by atoms with Gasteiger partial charge in [0.25, 0.3) is 0 Å². The van der Waals surface area contributed by atoms with Crippen LogP contribution in [0.15, 0.2) is 48.9 Å². The Hall–Kier alpha value is -2.40. The number of nitrogens with zero attached hydrogens (tertiary/aromatic N) is 2. The van der Waals surface area contributed by atoms with Gasteiger partial charge in [0, 0.05) is 11.5 Å². The molecule has 5 nitrogen and oxygen atoms in total. The van der Waals surface area contributed by atoms with Crippen molar-refractivity contribution in [2.24, 2.45) is 11.8 Å². The average molecular weight is 324 g/mol. The molecule has 0 amide bonds. The average Bonchev–Trinajstić information content (AvgIpc) is 3.18. The highest BCUT2D eigenvalue weighted by atomic mass is 16.4. The number of rotatable bonds is 4. The lowest BCUT2D eigenvalue weighted by Gasteiger charge is -2.27. The second-order valence-corrected chi connectivity index (χ2v) is 6.66. The minimum Gasteiger partial charge on any atom is -0.481 e. The summed E-state index contributed by atoms with van der Waals surface area (Å²) in [5.41, 5.74) is 3.49. The molecule has 0 spiro atoms. The van der Waals surface area contributed by atoms with E-state index in [0.717, 1.165) is 5.69 Å². The number of hydrogen-bond donors (Lipinski definition) is 2. The summed E-state index contributed by atoms with van der Waals surface area (Å²) < 4.78 is 2.13. The van der Waals surface area contributed by atoms with Gasteiger partial charge in [-0.15, -0.1) is 0 Å². The van der Waals surface area contributed by atoms with Gasteiger partial charge in [0.2, 0.25) is 0 Å². The first-order valence-corrected chi connectivity index (χ1v) is 8.35. The summed E-state index contributed by atoms with van der Waals surface area (Å²) in [5, 5.41) is 19.8. The molecule has 0 radical (unpaired) electrons. The van der Waals surface area contributed by atoms with Gasteiger partial charge >= 0.3 is 5.97 Å². The molecule has 0 saturated carbocycles. The van der Waals surface area contributed by atoms with E-state index in [0.29, 0.717) is 19.3 Å². The van der Waals surface area contributed by atoms with Crippen molar-refractivity contribution in [3.8, 4) is 11.3 Å². The minimum absolute atomic E-state index is 0.0142. The van der Waals surface area contributed by atoms with Gasteiger partial charge in [-0.1, -0.05) is 36.4 Å². The number of hydrogen-bond acceptors (Lipinski definition) is 3. The highest BCUT2D eigenvalue weighted by Gasteiger charge is 2.32. The van der Waals surface area contributed by atoms with Gasteiger partial charge in [0.05, 0.1) is 36.3 Å². The Morgan fingerprint density at radius 3 is 2.88 bits per heavy atom. The molecule has 124 valence electrons. The quantitative estimate of drug-likeness (QED) is 0.848. The van der Waals surface area contributed by atoms with Gasteiger partial charge in [-0.2, -0.15) is 0 Å². The van der Waals surface area contributed by atoms with Crippen LogP contribution in [-0.2, 0) is 4.79 Å². The van der Waals surface area contributed by atoms with E-state index in [9.17, 15) is 9.90 Å². The molecule has 2 N–H and O–H groups in total. The fourth-order valence-corrected chi connectivity index (χ4v) is 3.94. The molecule has 2 aromatic rings. The maximum Gasteiger partial charge on any atom is 0.310 e. The Kier molecular flexibility index (Phi) is 3.73. The molecule has 1 aliphatic heterocycles.